The lowest BCUT2D eigenvalue weighted by molar-refractivity contribution is -0.139. The molecule has 1 aliphatic rings. The van der Waals surface area contributed by atoms with E-state index in [1.54, 1.807) is 12.1 Å². The van der Waals surface area contributed by atoms with Gasteiger partial charge in [0.15, 0.2) is 5.82 Å². The maximum atomic E-state index is 13.6. The summed E-state index contributed by atoms with van der Waals surface area (Å²) >= 11 is 0. The third-order valence-corrected chi connectivity index (χ3v) is 5.78. The number of oxime groups is 1. The third kappa shape index (κ3) is 4.37. The van der Waals surface area contributed by atoms with Crippen molar-refractivity contribution in [3.8, 4) is 11.4 Å². The molecule has 3 N–H and O–H groups in total. The van der Waals surface area contributed by atoms with Gasteiger partial charge in [-0.1, -0.05) is 41.9 Å². The number of anilines is 1. The molecule has 31 heavy (non-hydrogen) atoms. The Balaban J connectivity index is 1.50. The average Bonchev–Trinajstić information content (AvgIpc) is 3.27. The predicted octanol–water partition coefficient (Wildman–Crippen LogP) is 4.64. The highest BCUT2D eigenvalue weighted by Gasteiger charge is 2.45. The van der Waals surface area contributed by atoms with Gasteiger partial charge >= 0.3 is 6.18 Å². The van der Waals surface area contributed by atoms with Gasteiger partial charge in [-0.25, -0.2) is 5.10 Å². The fourth-order valence-corrected chi connectivity index (χ4v) is 4.12. The van der Waals surface area contributed by atoms with E-state index >= 15 is 0 Å². The standard InChI is InChI=1S/C21H21F3N6O/c22-21(23,24)18-8-2-1-7-17(18)20(9-4-10-20)12-16(28-31)13-25-15-6-3-5-14(11-15)19-26-29-30-27-19/h1-3,5-8,11,25,31H,4,9-10,12-13H2,(H,26,27,29,30). The molecule has 2 aromatic carbocycles. The molecule has 0 unspecified atom stereocenters. The van der Waals surface area contributed by atoms with E-state index in [0.717, 1.165) is 23.7 Å². The van der Waals surface area contributed by atoms with Crippen LogP contribution in [0.1, 0.15) is 36.8 Å². The van der Waals surface area contributed by atoms with E-state index < -0.39 is 17.2 Å². The van der Waals surface area contributed by atoms with Gasteiger partial charge in [-0.2, -0.15) is 13.2 Å². The molecular formula is C21H21F3N6O. The molecule has 10 heteroatoms. The van der Waals surface area contributed by atoms with Crippen LogP contribution in [0.4, 0.5) is 18.9 Å². The monoisotopic (exact) mass is 430 g/mol. The number of benzene rings is 2. The molecule has 0 saturated heterocycles. The van der Waals surface area contributed by atoms with Crippen molar-refractivity contribution in [2.75, 3.05) is 11.9 Å². The van der Waals surface area contributed by atoms with Crippen molar-refractivity contribution in [1.29, 1.82) is 0 Å². The Bertz CT molecular complexity index is 1060. The van der Waals surface area contributed by atoms with Crippen molar-refractivity contribution in [2.45, 2.75) is 37.3 Å². The number of hydrogen-bond acceptors (Lipinski definition) is 6. The summed E-state index contributed by atoms with van der Waals surface area (Å²) in [6.07, 6.45) is -2.11. The third-order valence-electron chi connectivity index (χ3n) is 5.78. The molecule has 3 aromatic rings. The fraction of sp³-hybridized carbons (Fsp3) is 0.333. The first kappa shape index (κ1) is 20.8. The summed E-state index contributed by atoms with van der Waals surface area (Å²) in [5.41, 5.74) is 0.884. The second kappa shape index (κ2) is 8.37. The summed E-state index contributed by atoms with van der Waals surface area (Å²) < 4.78 is 40.7. The second-order valence-electron chi connectivity index (χ2n) is 7.70. The topological polar surface area (TPSA) is 99.1 Å². The van der Waals surface area contributed by atoms with E-state index in [4.69, 9.17) is 0 Å². The van der Waals surface area contributed by atoms with Gasteiger partial charge in [0, 0.05) is 23.1 Å². The van der Waals surface area contributed by atoms with Gasteiger partial charge in [0.25, 0.3) is 0 Å². The van der Waals surface area contributed by atoms with Crippen molar-refractivity contribution in [2.24, 2.45) is 5.16 Å². The summed E-state index contributed by atoms with van der Waals surface area (Å²) in [6, 6.07) is 13.0. The minimum atomic E-state index is -4.43. The van der Waals surface area contributed by atoms with Gasteiger partial charge in [-0.3, -0.25) is 0 Å². The number of nitrogens with zero attached hydrogens (tertiary/aromatic N) is 4. The lowest BCUT2D eigenvalue weighted by Crippen LogP contribution is -2.39. The summed E-state index contributed by atoms with van der Waals surface area (Å²) in [5, 5.41) is 29.8. The summed E-state index contributed by atoms with van der Waals surface area (Å²) in [4.78, 5) is 0. The van der Waals surface area contributed by atoms with Crippen molar-refractivity contribution < 1.29 is 18.4 Å². The number of H-pyrrole nitrogens is 1. The van der Waals surface area contributed by atoms with E-state index in [9.17, 15) is 18.4 Å². The highest BCUT2D eigenvalue weighted by molar-refractivity contribution is 5.89. The van der Waals surface area contributed by atoms with E-state index in [0.29, 0.717) is 24.4 Å². The zero-order chi connectivity index (χ0) is 21.9. The predicted molar refractivity (Wildman–Crippen MR) is 109 cm³/mol. The Morgan fingerprint density at radius 1 is 1.16 bits per heavy atom. The number of aromatic amines is 1. The molecule has 0 bridgehead atoms. The fourth-order valence-electron chi connectivity index (χ4n) is 4.12. The van der Waals surface area contributed by atoms with Gasteiger partial charge in [0.2, 0.25) is 0 Å². The average molecular weight is 430 g/mol. The van der Waals surface area contributed by atoms with Gasteiger partial charge in [-0.15, -0.1) is 5.10 Å². The number of alkyl halides is 3. The van der Waals surface area contributed by atoms with Crippen LogP contribution in [0.5, 0.6) is 0 Å². The van der Waals surface area contributed by atoms with E-state index in [2.05, 4.69) is 31.1 Å². The number of halogens is 3. The quantitative estimate of drug-likeness (QED) is 0.288. The van der Waals surface area contributed by atoms with Crippen molar-refractivity contribution in [1.82, 2.24) is 20.6 Å². The van der Waals surface area contributed by atoms with E-state index in [1.807, 2.05) is 24.3 Å². The minimum absolute atomic E-state index is 0.199. The van der Waals surface area contributed by atoms with Crippen LogP contribution in [0.15, 0.2) is 53.7 Å². The van der Waals surface area contributed by atoms with Gasteiger partial charge < -0.3 is 10.5 Å². The molecule has 1 aromatic heterocycles. The Morgan fingerprint density at radius 3 is 2.61 bits per heavy atom. The molecule has 1 fully saturated rings. The van der Waals surface area contributed by atoms with Gasteiger partial charge in [-0.05, 0) is 47.0 Å². The van der Waals surface area contributed by atoms with E-state index in [1.165, 1.54) is 6.07 Å². The molecule has 4 rings (SSSR count). The molecule has 0 radical (unpaired) electrons. The van der Waals surface area contributed by atoms with Crippen LogP contribution in [0.2, 0.25) is 0 Å². The molecular weight excluding hydrogens is 409 g/mol. The normalized spacial score (nSPS) is 16.0. The summed E-state index contributed by atoms with van der Waals surface area (Å²) in [5.74, 6) is 0.511. The smallest absolute Gasteiger partial charge is 0.411 e. The molecule has 0 spiro atoms. The number of tetrazole rings is 1. The summed E-state index contributed by atoms with van der Waals surface area (Å²) in [7, 11) is 0. The van der Waals surface area contributed by atoms with Crippen LogP contribution < -0.4 is 5.32 Å². The van der Waals surface area contributed by atoms with E-state index in [-0.39, 0.29) is 18.5 Å². The van der Waals surface area contributed by atoms with Crippen LogP contribution in [0, 0.1) is 0 Å². The van der Waals surface area contributed by atoms with Crippen LogP contribution in [0.3, 0.4) is 0 Å². The lowest BCUT2D eigenvalue weighted by atomic mass is 9.60. The number of rotatable bonds is 7. The molecule has 7 nitrogen and oxygen atoms in total. The molecule has 1 saturated carbocycles. The Morgan fingerprint density at radius 2 is 1.97 bits per heavy atom. The number of nitrogens with one attached hydrogen (secondary N) is 2. The maximum absolute atomic E-state index is 13.6. The molecule has 0 atom stereocenters. The Hall–Kier alpha value is -3.43. The summed E-state index contributed by atoms with van der Waals surface area (Å²) in [6.45, 7) is 0.199. The Labute approximate surface area is 176 Å². The molecule has 1 aliphatic carbocycles. The van der Waals surface area contributed by atoms with Crippen LogP contribution in [-0.4, -0.2) is 38.1 Å². The zero-order valence-corrected chi connectivity index (χ0v) is 16.5. The second-order valence-corrected chi connectivity index (χ2v) is 7.70. The first-order valence-corrected chi connectivity index (χ1v) is 9.86. The highest BCUT2D eigenvalue weighted by Crippen LogP contribution is 2.50. The SMILES string of the molecule is ON=C(CNc1cccc(-c2nnn[nH]2)c1)CC1(c2ccccc2C(F)(F)F)CCC1. The largest absolute Gasteiger partial charge is 0.416 e. The van der Waals surface area contributed by atoms with Crippen LogP contribution >= 0.6 is 0 Å². The number of hydrogen-bond donors (Lipinski definition) is 3. The highest BCUT2D eigenvalue weighted by atomic mass is 19.4. The molecule has 0 amide bonds. The van der Waals surface area contributed by atoms with Gasteiger partial charge in [0.05, 0.1) is 17.8 Å². The Kier molecular flexibility index (Phi) is 5.62. The van der Waals surface area contributed by atoms with Crippen molar-refractivity contribution in [3.05, 3.63) is 59.7 Å². The maximum Gasteiger partial charge on any atom is 0.416 e. The first-order valence-electron chi connectivity index (χ1n) is 9.86. The molecule has 162 valence electrons. The first-order chi connectivity index (χ1) is 14.9. The van der Waals surface area contributed by atoms with Crippen molar-refractivity contribution >= 4 is 11.4 Å². The molecule has 1 heterocycles. The van der Waals surface area contributed by atoms with Crippen LogP contribution in [-0.2, 0) is 11.6 Å². The zero-order valence-electron chi connectivity index (χ0n) is 16.5. The minimum Gasteiger partial charge on any atom is -0.411 e. The number of aromatic nitrogens is 4. The van der Waals surface area contributed by atoms with Crippen LogP contribution in [0.25, 0.3) is 11.4 Å². The van der Waals surface area contributed by atoms with Crippen molar-refractivity contribution in [3.63, 3.8) is 0 Å². The molecule has 0 aliphatic heterocycles. The lowest BCUT2D eigenvalue weighted by Gasteiger charge is -2.44. The van der Waals surface area contributed by atoms with Gasteiger partial charge in [0.1, 0.15) is 0 Å².